The van der Waals surface area contributed by atoms with Gasteiger partial charge in [-0.3, -0.25) is 4.79 Å². The van der Waals surface area contributed by atoms with Crippen LogP contribution in [0.1, 0.15) is 10.4 Å². The van der Waals surface area contributed by atoms with Crippen LogP contribution < -0.4 is 15.1 Å². The third-order valence-electron chi connectivity index (χ3n) is 3.84. The van der Waals surface area contributed by atoms with E-state index in [0.717, 1.165) is 0 Å². The lowest BCUT2D eigenvalue weighted by Crippen LogP contribution is -2.37. The largest absolute Gasteiger partial charge is 0.378 e. The molecular formula is C17H20FN5O2. The SMILES string of the molecule is CN(C)c1nc(N2CCOCC2)ncc1NC(=O)c1ccccc1F. The first-order valence-corrected chi connectivity index (χ1v) is 7.99. The molecule has 1 amide bonds. The fraction of sp³-hybridized carbons (Fsp3) is 0.353. The van der Waals surface area contributed by atoms with Crippen LogP contribution >= 0.6 is 0 Å². The molecule has 0 aliphatic carbocycles. The van der Waals surface area contributed by atoms with Gasteiger partial charge in [-0.2, -0.15) is 4.98 Å². The van der Waals surface area contributed by atoms with E-state index < -0.39 is 11.7 Å². The highest BCUT2D eigenvalue weighted by Crippen LogP contribution is 2.25. The Morgan fingerprint density at radius 3 is 2.68 bits per heavy atom. The van der Waals surface area contributed by atoms with Crippen LogP contribution in [-0.2, 0) is 4.74 Å². The highest BCUT2D eigenvalue weighted by Gasteiger charge is 2.19. The maximum Gasteiger partial charge on any atom is 0.258 e. The van der Waals surface area contributed by atoms with Crippen LogP contribution in [0, 0.1) is 5.82 Å². The minimum absolute atomic E-state index is 0.0236. The van der Waals surface area contributed by atoms with Crippen molar-refractivity contribution in [2.75, 3.05) is 55.5 Å². The molecule has 1 N–H and O–H groups in total. The minimum Gasteiger partial charge on any atom is -0.378 e. The summed E-state index contributed by atoms with van der Waals surface area (Å²) < 4.78 is 19.1. The molecule has 1 aliphatic heterocycles. The molecule has 1 aromatic heterocycles. The lowest BCUT2D eigenvalue weighted by atomic mass is 10.2. The topological polar surface area (TPSA) is 70.6 Å². The van der Waals surface area contributed by atoms with E-state index in [1.807, 2.05) is 19.0 Å². The fourth-order valence-corrected chi connectivity index (χ4v) is 2.54. The molecule has 0 unspecified atom stereocenters. The van der Waals surface area contributed by atoms with Crippen molar-refractivity contribution in [3.05, 3.63) is 41.8 Å². The van der Waals surface area contributed by atoms with Crippen LogP contribution in [0.2, 0.25) is 0 Å². The number of halogens is 1. The van der Waals surface area contributed by atoms with Gasteiger partial charge in [-0.1, -0.05) is 12.1 Å². The normalized spacial score (nSPS) is 14.3. The molecule has 2 heterocycles. The number of benzene rings is 1. The second-order valence-corrected chi connectivity index (χ2v) is 5.84. The van der Waals surface area contributed by atoms with Gasteiger partial charge in [-0.05, 0) is 12.1 Å². The highest BCUT2D eigenvalue weighted by molar-refractivity contribution is 6.05. The molecule has 7 nitrogen and oxygen atoms in total. The van der Waals surface area contributed by atoms with E-state index >= 15 is 0 Å². The molecule has 0 atom stereocenters. The molecule has 1 fully saturated rings. The van der Waals surface area contributed by atoms with E-state index in [4.69, 9.17) is 4.74 Å². The second-order valence-electron chi connectivity index (χ2n) is 5.84. The Bertz CT molecular complexity index is 762. The molecule has 1 aliphatic rings. The van der Waals surface area contributed by atoms with Crippen LogP contribution in [-0.4, -0.2) is 56.3 Å². The van der Waals surface area contributed by atoms with Crippen LogP contribution in [0.25, 0.3) is 0 Å². The van der Waals surface area contributed by atoms with E-state index in [2.05, 4.69) is 15.3 Å². The molecule has 0 spiro atoms. The van der Waals surface area contributed by atoms with E-state index in [-0.39, 0.29) is 5.56 Å². The molecule has 0 saturated carbocycles. The van der Waals surface area contributed by atoms with Crippen molar-refractivity contribution in [2.24, 2.45) is 0 Å². The molecule has 25 heavy (non-hydrogen) atoms. The van der Waals surface area contributed by atoms with Gasteiger partial charge < -0.3 is 19.9 Å². The quantitative estimate of drug-likeness (QED) is 0.911. The zero-order valence-electron chi connectivity index (χ0n) is 14.2. The molecule has 0 radical (unpaired) electrons. The molecular weight excluding hydrogens is 325 g/mol. The molecule has 1 aromatic carbocycles. The van der Waals surface area contributed by atoms with Crippen molar-refractivity contribution in [1.82, 2.24) is 9.97 Å². The maximum absolute atomic E-state index is 13.8. The van der Waals surface area contributed by atoms with Gasteiger partial charge in [0.1, 0.15) is 11.5 Å². The summed E-state index contributed by atoms with van der Waals surface area (Å²) in [6.07, 6.45) is 1.55. The molecule has 132 valence electrons. The number of aromatic nitrogens is 2. The summed E-state index contributed by atoms with van der Waals surface area (Å²) in [5.74, 6) is 0.0262. The summed E-state index contributed by atoms with van der Waals surface area (Å²) in [6, 6.07) is 5.84. The lowest BCUT2D eigenvalue weighted by Gasteiger charge is -2.28. The predicted octanol–water partition coefficient (Wildman–Crippen LogP) is 1.77. The fourth-order valence-electron chi connectivity index (χ4n) is 2.54. The van der Waals surface area contributed by atoms with Gasteiger partial charge in [0.2, 0.25) is 5.95 Å². The number of nitrogens with zero attached hydrogens (tertiary/aromatic N) is 4. The van der Waals surface area contributed by atoms with E-state index in [1.54, 1.807) is 17.2 Å². The number of hydrogen-bond acceptors (Lipinski definition) is 6. The first-order chi connectivity index (χ1) is 12.1. The van der Waals surface area contributed by atoms with Crippen LogP contribution in [0.5, 0.6) is 0 Å². The van der Waals surface area contributed by atoms with Crippen molar-refractivity contribution >= 4 is 23.4 Å². The molecule has 1 saturated heterocycles. The average Bonchev–Trinajstić information content (AvgIpc) is 2.63. The number of hydrogen-bond donors (Lipinski definition) is 1. The first-order valence-electron chi connectivity index (χ1n) is 7.99. The Hall–Kier alpha value is -2.74. The summed E-state index contributed by atoms with van der Waals surface area (Å²) in [6.45, 7) is 2.69. The van der Waals surface area contributed by atoms with Crippen molar-refractivity contribution < 1.29 is 13.9 Å². The zero-order valence-corrected chi connectivity index (χ0v) is 14.2. The van der Waals surface area contributed by atoms with E-state index in [0.29, 0.717) is 43.8 Å². The van der Waals surface area contributed by atoms with Gasteiger partial charge in [-0.15, -0.1) is 0 Å². The molecule has 2 aromatic rings. The third kappa shape index (κ3) is 3.85. The number of nitrogens with one attached hydrogen (secondary N) is 1. The Morgan fingerprint density at radius 1 is 1.28 bits per heavy atom. The minimum atomic E-state index is -0.572. The summed E-state index contributed by atoms with van der Waals surface area (Å²) in [5.41, 5.74) is 0.403. The number of ether oxygens (including phenoxy) is 1. The smallest absolute Gasteiger partial charge is 0.258 e. The standard InChI is InChI=1S/C17H20FN5O2/c1-22(2)15-14(20-16(24)12-5-3-4-6-13(12)18)11-19-17(21-15)23-7-9-25-10-8-23/h3-6,11H,7-10H2,1-2H3,(H,20,24). The van der Waals surface area contributed by atoms with Gasteiger partial charge in [0.15, 0.2) is 5.82 Å². The summed E-state index contributed by atoms with van der Waals surface area (Å²) >= 11 is 0. The zero-order chi connectivity index (χ0) is 17.8. The average molecular weight is 345 g/mol. The molecule has 8 heteroatoms. The first kappa shape index (κ1) is 17.1. The Kier molecular flexibility index (Phi) is 5.08. The predicted molar refractivity (Wildman–Crippen MR) is 93.7 cm³/mol. The van der Waals surface area contributed by atoms with Gasteiger partial charge in [0.25, 0.3) is 5.91 Å². The third-order valence-corrected chi connectivity index (χ3v) is 3.84. The molecule has 3 rings (SSSR count). The summed E-state index contributed by atoms with van der Waals surface area (Å²) in [5, 5.41) is 2.69. The monoisotopic (exact) mass is 345 g/mol. The van der Waals surface area contributed by atoms with Crippen LogP contribution in [0.15, 0.2) is 30.5 Å². The van der Waals surface area contributed by atoms with Gasteiger partial charge in [0.05, 0.1) is 25.0 Å². The molecule has 0 bridgehead atoms. The van der Waals surface area contributed by atoms with Crippen LogP contribution in [0.3, 0.4) is 0 Å². The van der Waals surface area contributed by atoms with Crippen molar-refractivity contribution in [2.45, 2.75) is 0 Å². The number of rotatable bonds is 4. The summed E-state index contributed by atoms with van der Waals surface area (Å²) in [4.78, 5) is 25.0. The van der Waals surface area contributed by atoms with Gasteiger partial charge in [-0.25, -0.2) is 9.37 Å². The number of anilines is 3. The lowest BCUT2D eigenvalue weighted by molar-refractivity contribution is 0.102. The Morgan fingerprint density at radius 2 is 2.00 bits per heavy atom. The maximum atomic E-state index is 13.8. The Balaban J connectivity index is 1.85. The van der Waals surface area contributed by atoms with Crippen molar-refractivity contribution in [1.29, 1.82) is 0 Å². The van der Waals surface area contributed by atoms with E-state index in [1.165, 1.54) is 18.2 Å². The van der Waals surface area contributed by atoms with Crippen molar-refractivity contribution in [3.63, 3.8) is 0 Å². The van der Waals surface area contributed by atoms with E-state index in [9.17, 15) is 9.18 Å². The van der Waals surface area contributed by atoms with Gasteiger partial charge >= 0.3 is 0 Å². The summed E-state index contributed by atoms with van der Waals surface area (Å²) in [7, 11) is 3.65. The number of carbonyl (C=O) groups excluding carboxylic acids is 1. The second kappa shape index (κ2) is 7.43. The Labute approximate surface area is 145 Å². The number of carbonyl (C=O) groups is 1. The number of amides is 1. The number of morpholine rings is 1. The van der Waals surface area contributed by atoms with Crippen molar-refractivity contribution in [3.8, 4) is 0 Å². The highest BCUT2D eigenvalue weighted by atomic mass is 19.1. The van der Waals surface area contributed by atoms with Gasteiger partial charge in [0, 0.05) is 27.2 Å². The van der Waals surface area contributed by atoms with Crippen LogP contribution in [0.4, 0.5) is 21.8 Å².